The monoisotopic (exact) mass is 255 g/mol. The molecule has 0 saturated heterocycles. The topological polar surface area (TPSA) is 38.1 Å². The van der Waals surface area contributed by atoms with Crippen LogP contribution in [0.25, 0.3) is 0 Å². The van der Waals surface area contributed by atoms with Crippen molar-refractivity contribution in [1.29, 1.82) is 0 Å². The number of Topliss-reactive ketones (excluding diaryl/α,β-unsaturated/α-hetero) is 1. The first-order valence-electron chi connectivity index (χ1n) is 6.54. The summed E-state index contributed by atoms with van der Waals surface area (Å²) in [7, 11) is 0. The summed E-state index contributed by atoms with van der Waals surface area (Å²) >= 11 is 0. The number of ketones is 1. The maximum atomic E-state index is 12.2. The fourth-order valence-electron chi connectivity index (χ4n) is 2.47. The molecule has 4 nitrogen and oxygen atoms in total. The fraction of sp³-hybridized carbons (Fsp3) is 0.333. The van der Waals surface area contributed by atoms with Crippen LogP contribution in [0.3, 0.4) is 0 Å². The van der Waals surface area contributed by atoms with Gasteiger partial charge in [-0.1, -0.05) is 23.8 Å². The van der Waals surface area contributed by atoms with E-state index in [1.165, 1.54) is 0 Å². The minimum atomic E-state index is 0.184. The highest BCUT2D eigenvalue weighted by Gasteiger charge is 2.19. The average molecular weight is 255 g/mol. The van der Waals surface area contributed by atoms with Gasteiger partial charge in [-0.2, -0.15) is 0 Å². The molecule has 19 heavy (non-hydrogen) atoms. The molecule has 4 heteroatoms. The molecule has 0 radical (unpaired) electrons. The van der Waals surface area contributed by atoms with Crippen LogP contribution in [0.15, 0.2) is 36.7 Å². The Morgan fingerprint density at radius 1 is 1.37 bits per heavy atom. The van der Waals surface area contributed by atoms with E-state index in [1.54, 1.807) is 0 Å². The number of aryl methyl sites for hydroxylation is 1. The van der Waals surface area contributed by atoms with Gasteiger partial charge in [-0.05, 0) is 13.0 Å². The van der Waals surface area contributed by atoms with Crippen LogP contribution in [0.4, 0.5) is 0 Å². The number of aromatic nitrogens is 2. The zero-order chi connectivity index (χ0) is 13.2. The molecule has 1 aliphatic rings. The molecule has 0 bridgehead atoms. The van der Waals surface area contributed by atoms with E-state index in [4.69, 9.17) is 0 Å². The standard InChI is InChI=1S/C15H17N3O/c1-12-3-2-4-13(9-12)14(19)10-17-7-8-18-6-5-16-15(18)11-17/h2-6,9H,7-8,10-11H2,1H3. The summed E-state index contributed by atoms with van der Waals surface area (Å²) in [5, 5.41) is 0. The summed E-state index contributed by atoms with van der Waals surface area (Å²) in [6.45, 7) is 5.05. The second kappa shape index (κ2) is 4.97. The average Bonchev–Trinajstić information content (AvgIpc) is 2.86. The van der Waals surface area contributed by atoms with E-state index in [0.717, 1.165) is 36.6 Å². The molecule has 2 aromatic rings. The number of fused-ring (bicyclic) bond motifs is 1. The first-order valence-corrected chi connectivity index (χ1v) is 6.54. The van der Waals surface area contributed by atoms with E-state index in [0.29, 0.717) is 6.54 Å². The molecule has 0 atom stereocenters. The van der Waals surface area contributed by atoms with E-state index in [2.05, 4.69) is 14.5 Å². The van der Waals surface area contributed by atoms with Crippen LogP contribution in [0, 0.1) is 6.92 Å². The molecule has 0 saturated carbocycles. The van der Waals surface area contributed by atoms with E-state index < -0.39 is 0 Å². The van der Waals surface area contributed by atoms with Crippen molar-refractivity contribution in [1.82, 2.24) is 14.5 Å². The molecular formula is C15H17N3O. The molecule has 3 rings (SSSR count). The molecule has 0 aliphatic carbocycles. The summed E-state index contributed by atoms with van der Waals surface area (Å²) in [6, 6.07) is 7.79. The smallest absolute Gasteiger partial charge is 0.176 e. The lowest BCUT2D eigenvalue weighted by molar-refractivity contribution is 0.0908. The Balaban J connectivity index is 1.68. The first-order chi connectivity index (χ1) is 9.22. The zero-order valence-electron chi connectivity index (χ0n) is 11.0. The molecule has 1 aliphatic heterocycles. The number of benzene rings is 1. The number of carbonyl (C=O) groups is 1. The lowest BCUT2D eigenvalue weighted by Crippen LogP contribution is -2.37. The van der Waals surface area contributed by atoms with Gasteiger partial charge in [-0.3, -0.25) is 9.69 Å². The molecule has 1 aromatic heterocycles. The Hall–Kier alpha value is -1.94. The summed E-state index contributed by atoms with van der Waals surface area (Å²) in [5.41, 5.74) is 1.92. The van der Waals surface area contributed by atoms with Crippen molar-refractivity contribution < 1.29 is 4.79 Å². The van der Waals surface area contributed by atoms with Crippen molar-refractivity contribution in [2.24, 2.45) is 0 Å². The predicted octanol–water partition coefficient (Wildman–Crippen LogP) is 1.89. The number of hydrogen-bond donors (Lipinski definition) is 0. The Labute approximate surface area is 112 Å². The third-order valence-corrected chi connectivity index (χ3v) is 3.53. The molecule has 1 aromatic carbocycles. The lowest BCUT2D eigenvalue weighted by atomic mass is 10.1. The van der Waals surface area contributed by atoms with Crippen molar-refractivity contribution >= 4 is 5.78 Å². The van der Waals surface area contributed by atoms with Crippen molar-refractivity contribution in [3.05, 3.63) is 53.6 Å². The number of nitrogens with zero attached hydrogens (tertiary/aromatic N) is 3. The summed E-state index contributed by atoms with van der Waals surface area (Å²) in [4.78, 5) is 18.7. The van der Waals surface area contributed by atoms with Gasteiger partial charge in [-0.15, -0.1) is 0 Å². The van der Waals surface area contributed by atoms with Crippen molar-refractivity contribution in [2.45, 2.75) is 20.0 Å². The molecule has 0 N–H and O–H groups in total. The van der Waals surface area contributed by atoms with Gasteiger partial charge in [0.2, 0.25) is 0 Å². The first kappa shape index (κ1) is 12.1. The minimum absolute atomic E-state index is 0.184. The molecule has 0 spiro atoms. The normalized spacial score (nSPS) is 15.2. The quantitative estimate of drug-likeness (QED) is 0.786. The van der Waals surface area contributed by atoms with Gasteiger partial charge in [0.05, 0.1) is 13.1 Å². The molecule has 98 valence electrons. The lowest BCUT2D eigenvalue weighted by Gasteiger charge is -2.26. The van der Waals surface area contributed by atoms with Crippen molar-refractivity contribution in [3.8, 4) is 0 Å². The Kier molecular flexibility index (Phi) is 3.17. The van der Waals surface area contributed by atoms with Crippen LogP contribution in [0.1, 0.15) is 21.7 Å². The van der Waals surface area contributed by atoms with Crippen LogP contribution in [-0.4, -0.2) is 33.3 Å². The molecule has 0 unspecified atom stereocenters. The third kappa shape index (κ3) is 2.58. The van der Waals surface area contributed by atoms with Crippen molar-refractivity contribution in [3.63, 3.8) is 0 Å². The Bertz CT molecular complexity index is 603. The number of imidazole rings is 1. The summed E-state index contributed by atoms with van der Waals surface area (Å²) < 4.78 is 2.15. The van der Waals surface area contributed by atoms with Crippen LogP contribution in [-0.2, 0) is 13.1 Å². The number of rotatable bonds is 3. The largest absolute Gasteiger partial charge is 0.333 e. The highest BCUT2D eigenvalue weighted by molar-refractivity contribution is 5.97. The second-order valence-electron chi connectivity index (χ2n) is 5.04. The van der Waals surface area contributed by atoms with Gasteiger partial charge >= 0.3 is 0 Å². The molecule has 0 amide bonds. The van der Waals surface area contributed by atoms with Gasteiger partial charge in [0, 0.05) is 31.0 Å². The fourth-order valence-corrected chi connectivity index (χ4v) is 2.47. The Morgan fingerprint density at radius 2 is 2.26 bits per heavy atom. The van der Waals surface area contributed by atoms with Gasteiger partial charge < -0.3 is 4.57 Å². The minimum Gasteiger partial charge on any atom is -0.333 e. The molecular weight excluding hydrogens is 238 g/mol. The van der Waals surface area contributed by atoms with Gasteiger partial charge in [0.15, 0.2) is 5.78 Å². The molecule has 2 heterocycles. The zero-order valence-corrected chi connectivity index (χ0v) is 11.0. The van der Waals surface area contributed by atoms with Crippen molar-refractivity contribution in [2.75, 3.05) is 13.1 Å². The predicted molar refractivity (Wildman–Crippen MR) is 73.0 cm³/mol. The maximum Gasteiger partial charge on any atom is 0.176 e. The van der Waals surface area contributed by atoms with E-state index in [9.17, 15) is 4.79 Å². The SMILES string of the molecule is Cc1cccc(C(=O)CN2CCn3ccnc3C2)c1. The van der Waals surface area contributed by atoms with Crippen LogP contribution in [0.5, 0.6) is 0 Å². The summed E-state index contributed by atoms with van der Waals surface area (Å²) in [6.07, 6.45) is 3.82. The maximum absolute atomic E-state index is 12.2. The van der Waals surface area contributed by atoms with E-state index >= 15 is 0 Å². The number of hydrogen-bond acceptors (Lipinski definition) is 3. The van der Waals surface area contributed by atoms with Gasteiger partial charge in [-0.25, -0.2) is 4.98 Å². The van der Waals surface area contributed by atoms with E-state index in [-0.39, 0.29) is 5.78 Å². The van der Waals surface area contributed by atoms with Gasteiger partial charge in [0.25, 0.3) is 0 Å². The van der Waals surface area contributed by atoms with Crippen LogP contribution in [0.2, 0.25) is 0 Å². The molecule has 0 fully saturated rings. The summed E-state index contributed by atoms with van der Waals surface area (Å²) in [5.74, 6) is 1.23. The van der Waals surface area contributed by atoms with E-state index in [1.807, 2.05) is 43.6 Å². The highest BCUT2D eigenvalue weighted by atomic mass is 16.1. The van der Waals surface area contributed by atoms with Crippen LogP contribution >= 0.6 is 0 Å². The second-order valence-corrected chi connectivity index (χ2v) is 5.04. The third-order valence-electron chi connectivity index (χ3n) is 3.53. The van der Waals surface area contributed by atoms with Crippen LogP contribution < -0.4 is 0 Å². The van der Waals surface area contributed by atoms with Gasteiger partial charge in [0.1, 0.15) is 5.82 Å². The Morgan fingerprint density at radius 3 is 3.11 bits per heavy atom. The highest BCUT2D eigenvalue weighted by Crippen LogP contribution is 2.12. The number of carbonyl (C=O) groups excluding carboxylic acids is 1.